The number of nitrogens with zero attached hydrogens (tertiary/aromatic N) is 1. The fourth-order valence-electron chi connectivity index (χ4n) is 2.16. The molecule has 20 heavy (non-hydrogen) atoms. The third kappa shape index (κ3) is 4.47. The van der Waals surface area contributed by atoms with Crippen LogP contribution < -0.4 is 0 Å². The fourth-order valence-corrected chi connectivity index (χ4v) is 2.59. The Hall–Kier alpha value is -0.580. The van der Waals surface area contributed by atoms with Crippen LogP contribution in [0.2, 0.25) is 5.02 Å². The van der Waals surface area contributed by atoms with E-state index >= 15 is 0 Å². The SMILES string of the molecule is CCC(CC)N(CCOC)C(=O)c1ccc(Br)c(Cl)c1. The minimum Gasteiger partial charge on any atom is -0.383 e. The molecule has 0 fully saturated rings. The summed E-state index contributed by atoms with van der Waals surface area (Å²) in [7, 11) is 1.64. The maximum Gasteiger partial charge on any atom is 0.254 e. The molecule has 1 rings (SSSR count). The predicted molar refractivity (Wildman–Crippen MR) is 86.4 cm³/mol. The summed E-state index contributed by atoms with van der Waals surface area (Å²) in [6.45, 7) is 5.31. The molecule has 0 heterocycles. The minimum absolute atomic E-state index is 0.00477. The predicted octanol–water partition coefficient (Wildman–Crippen LogP) is 4.38. The number of hydrogen-bond acceptors (Lipinski definition) is 2. The lowest BCUT2D eigenvalue weighted by Crippen LogP contribution is -2.41. The number of rotatable bonds is 7. The summed E-state index contributed by atoms with van der Waals surface area (Å²) in [5.41, 5.74) is 0.612. The highest BCUT2D eigenvalue weighted by Crippen LogP contribution is 2.24. The van der Waals surface area contributed by atoms with E-state index in [1.54, 1.807) is 25.3 Å². The van der Waals surface area contributed by atoms with Gasteiger partial charge in [0.25, 0.3) is 5.91 Å². The van der Waals surface area contributed by atoms with Crippen LogP contribution in [0.25, 0.3) is 0 Å². The van der Waals surface area contributed by atoms with Crippen molar-refractivity contribution in [3.63, 3.8) is 0 Å². The Morgan fingerprint density at radius 1 is 1.40 bits per heavy atom. The van der Waals surface area contributed by atoms with Crippen LogP contribution in [0.5, 0.6) is 0 Å². The summed E-state index contributed by atoms with van der Waals surface area (Å²) in [5, 5.41) is 0.548. The topological polar surface area (TPSA) is 29.5 Å². The van der Waals surface area contributed by atoms with Crippen LogP contribution in [0.1, 0.15) is 37.0 Å². The molecule has 0 aromatic heterocycles. The quantitative estimate of drug-likeness (QED) is 0.720. The molecule has 0 aliphatic carbocycles. The molecule has 0 unspecified atom stereocenters. The zero-order chi connectivity index (χ0) is 15.1. The van der Waals surface area contributed by atoms with Crippen molar-refractivity contribution in [2.45, 2.75) is 32.7 Å². The summed E-state index contributed by atoms with van der Waals surface area (Å²) in [4.78, 5) is 14.5. The molecule has 1 aromatic carbocycles. The van der Waals surface area contributed by atoms with Crippen molar-refractivity contribution in [1.82, 2.24) is 4.90 Å². The lowest BCUT2D eigenvalue weighted by Gasteiger charge is -2.30. The first-order valence-corrected chi connectivity index (χ1v) is 7.97. The number of hydrogen-bond donors (Lipinski definition) is 0. The molecule has 0 N–H and O–H groups in total. The Morgan fingerprint density at radius 3 is 2.55 bits per heavy atom. The molecule has 0 aliphatic heterocycles. The highest BCUT2D eigenvalue weighted by molar-refractivity contribution is 9.10. The van der Waals surface area contributed by atoms with Gasteiger partial charge in [0.05, 0.1) is 11.6 Å². The summed E-state index contributed by atoms with van der Waals surface area (Å²) in [5.74, 6) is 0.00477. The van der Waals surface area contributed by atoms with Crippen molar-refractivity contribution in [3.05, 3.63) is 33.3 Å². The summed E-state index contributed by atoms with van der Waals surface area (Å²) in [6.07, 6.45) is 1.85. The van der Waals surface area contributed by atoms with Crippen LogP contribution in [0.4, 0.5) is 0 Å². The second-order valence-corrected chi connectivity index (χ2v) is 5.85. The molecular formula is C15H21BrClNO2. The largest absolute Gasteiger partial charge is 0.383 e. The normalized spacial score (nSPS) is 10.9. The lowest BCUT2D eigenvalue weighted by molar-refractivity contribution is 0.0589. The Bertz CT molecular complexity index is 449. The average molecular weight is 363 g/mol. The Labute approximate surface area is 134 Å². The van der Waals surface area contributed by atoms with Gasteiger partial charge in [0.1, 0.15) is 0 Å². The number of carbonyl (C=O) groups excluding carboxylic acids is 1. The van der Waals surface area contributed by atoms with Gasteiger partial charge in [-0.2, -0.15) is 0 Å². The van der Waals surface area contributed by atoms with Gasteiger partial charge in [-0.1, -0.05) is 25.4 Å². The zero-order valence-corrected chi connectivity index (χ0v) is 14.5. The molecule has 1 amide bonds. The Kier molecular flexibility index (Phi) is 7.56. The van der Waals surface area contributed by atoms with Crippen LogP contribution in [0.3, 0.4) is 0 Å². The third-order valence-corrected chi connectivity index (χ3v) is 4.58. The highest BCUT2D eigenvalue weighted by atomic mass is 79.9. The van der Waals surface area contributed by atoms with Gasteiger partial charge in [-0.3, -0.25) is 4.79 Å². The zero-order valence-electron chi connectivity index (χ0n) is 12.2. The average Bonchev–Trinajstić information content (AvgIpc) is 2.45. The molecule has 1 aromatic rings. The van der Waals surface area contributed by atoms with Crippen molar-refractivity contribution in [1.29, 1.82) is 0 Å². The third-order valence-electron chi connectivity index (χ3n) is 3.35. The van der Waals surface area contributed by atoms with Crippen LogP contribution in [0.15, 0.2) is 22.7 Å². The van der Waals surface area contributed by atoms with Crippen LogP contribution in [-0.2, 0) is 4.74 Å². The fraction of sp³-hybridized carbons (Fsp3) is 0.533. The first-order chi connectivity index (χ1) is 9.54. The van der Waals surface area contributed by atoms with Crippen LogP contribution >= 0.6 is 27.5 Å². The summed E-state index contributed by atoms with van der Waals surface area (Å²) in [6, 6.07) is 5.52. The van der Waals surface area contributed by atoms with E-state index in [4.69, 9.17) is 16.3 Å². The second kappa shape index (κ2) is 8.65. The first-order valence-electron chi connectivity index (χ1n) is 6.80. The Balaban J connectivity index is 2.99. The maximum atomic E-state index is 12.7. The van der Waals surface area contributed by atoms with E-state index in [2.05, 4.69) is 29.8 Å². The summed E-state index contributed by atoms with van der Waals surface area (Å²) < 4.78 is 5.91. The Morgan fingerprint density at radius 2 is 2.05 bits per heavy atom. The van der Waals surface area contributed by atoms with Gasteiger partial charge in [0, 0.05) is 29.7 Å². The molecule has 0 aliphatic rings. The highest BCUT2D eigenvalue weighted by Gasteiger charge is 2.22. The van der Waals surface area contributed by atoms with Crippen LogP contribution in [0, 0.1) is 0 Å². The second-order valence-electron chi connectivity index (χ2n) is 4.59. The van der Waals surface area contributed by atoms with Gasteiger partial charge in [-0.25, -0.2) is 0 Å². The van der Waals surface area contributed by atoms with E-state index in [0.29, 0.717) is 23.7 Å². The molecule has 0 spiro atoms. The van der Waals surface area contributed by atoms with Crippen molar-refractivity contribution >= 4 is 33.4 Å². The van der Waals surface area contributed by atoms with E-state index in [1.165, 1.54) is 0 Å². The standard InChI is InChI=1S/C15H21BrClNO2/c1-4-12(5-2)18(8-9-20-3)15(19)11-6-7-13(16)14(17)10-11/h6-7,10,12H,4-5,8-9H2,1-3H3. The van der Waals surface area contributed by atoms with Gasteiger partial charge in [-0.05, 0) is 47.0 Å². The van der Waals surface area contributed by atoms with E-state index in [-0.39, 0.29) is 11.9 Å². The van der Waals surface area contributed by atoms with Gasteiger partial charge in [0.15, 0.2) is 0 Å². The van der Waals surface area contributed by atoms with Crippen LogP contribution in [-0.4, -0.2) is 37.1 Å². The van der Waals surface area contributed by atoms with Gasteiger partial charge in [-0.15, -0.1) is 0 Å². The minimum atomic E-state index is 0.00477. The first kappa shape index (κ1) is 17.5. The number of ether oxygens (including phenoxy) is 1. The molecule has 112 valence electrons. The van der Waals surface area contributed by atoms with Crippen molar-refractivity contribution in [2.75, 3.05) is 20.3 Å². The van der Waals surface area contributed by atoms with Crippen molar-refractivity contribution < 1.29 is 9.53 Å². The number of carbonyl (C=O) groups is 1. The van der Waals surface area contributed by atoms with E-state index in [0.717, 1.165) is 17.3 Å². The van der Waals surface area contributed by atoms with E-state index in [1.807, 2.05) is 4.90 Å². The smallest absolute Gasteiger partial charge is 0.254 e. The monoisotopic (exact) mass is 361 g/mol. The molecule has 0 saturated heterocycles. The molecule has 0 atom stereocenters. The van der Waals surface area contributed by atoms with Gasteiger partial charge < -0.3 is 9.64 Å². The number of methoxy groups -OCH3 is 1. The number of benzene rings is 1. The molecular weight excluding hydrogens is 342 g/mol. The van der Waals surface area contributed by atoms with Gasteiger partial charge in [0.2, 0.25) is 0 Å². The maximum absolute atomic E-state index is 12.7. The molecule has 0 saturated carbocycles. The van der Waals surface area contributed by atoms with E-state index < -0.39 is 0 Å². The van der Waals surface area contributed by atoms with Crippen molar-refractivity contribution in [2.24, 2.45) is 0 Å². The lowest BCUT2D eigenvalue weighted by atomic mass is 10.1. The van der Waals surface area contributed by atoms with Crippen molar-refractivity contribution in [3.8, 4) is 0 Å². The molecule has 0 bridgehead atoms. The molecule has 0 radical (unpaired) electrons. The molecule has 5 heteroatoms. The summed E-state index contributed by atoms with van der Waals surface area (Å²) >= 11 is 9.41. The molecule has 3 nitrogen and oxygen atoms in total. The number of amides is 1. The van der Waals surface area contributed by atoms with E-state index in [9.17, 15) is 4.79 Å². The number of halogens is 2. The van der Waals surface area contributed by atoms with Gasteiger partial charge >= 0.3 is 0 Å².